The van der Waals surface area contributed by atoms with Crippen molar-refractivity contribution in [3.05, 3.63) is 23.2 Å². The van der Waals surface area contributed by atoms with E-state index in [-0.39, 0.29) is 5.91 Å². The van der Waals surface area contributed by atoms with Crippen LogP contribution in [-0.4, -0.2) is 24.5 Å². The fourth-order valence-corrected chi connectivity index (χ4v) is 2.03. The van der Waals surface area contributed by atoms with Gasteiger partial charge in [-0.05, 0) is 36.6 Å². The molecule has 0 saturated heterocycles. The fourth-order valence-electron chi connectivity index (χ4n) is 1.37. The van der Waals surface area contributed by atoms with Crippen molar-refractivity contribution in [1.82, 2.24) is 0 Å². The molecule has 1 aromatic rings. The van der Waals surface area contributed by atoms with E-state index in [0.29, 0.717) is 10.7 Å². The van der Waals surface area contributed by atoms with E-state index in [1.54, 1.807) is 6.07 Å². The van der Waals surface area contributed by atoms with Crippen LogP contribution in [0.5, 0.6) is 0 Å². The quantitative estimate of drug-likeness (QED) is 0.779. The van der Waals surface area contributed by atoms with E-state index in [9.17, 15) is 4.79 Å². The largest absolute Gasteiger partial charge is 0.385 e. The number of hydrogen-bond donors (Lipinski definition) is 2. The van der Waals surface area contributed by atoms with Crippen LogP contribution in [0.2, 0.25) is 5.02 Å². The first-order chi connectivity index (χ1) is 8.13. The van der Waals surface area contributed by atoms with Gasteiger partial charge in [0.2, 0.25) is 5.91 Å². The molecule has 1 aromatic carbocycles. The van der Waals surface area contributed by atoms with Crippen LogP contribution in [0.1, 0.15) is 13.3 Å². The zero-order valence-corrected chi connectivity index (χ0v) is 11.6. The first kappa shape index (κ1) is 14.2. The summed E-state index contributed by atoms with van der Waals surface area (Å²) in [6.45, 7) is 2.39. The highest BCUT2D eigenvalue weighted by molar-refractivity contribution is 7.98. The van der Waals surface area contributed by atoms with E-state index >= 15 is 0 Å². The molecule has 0 atom stereocenters. The molecule has 0 aliphatic heterocycles. The van der Waals surface area contributed by atoms with Gasteiger partial charge in [-0.15, -0.1) is 0 Å². The molecule has 0 aliphatic carbocycles. The third-order valence-corrected chi connectivity index (χ3v) is 3.14. The Labute approximate surface area is 111 Å². The van der Waals surface area contributed by atoms with Gasteiger partial charge in [-0.2, -0.15) is 11.8 Å². The first-order valence-electron chi connectivity index (χ1n) is 5.43. The molecule has 0 fully saturated rings. The van der Waals surface area contributed by atoms with Crippen LogP contribution >= 0.6 is 23.4 Å². The average molecular weight is 273 g/mol. The molecule has 0 spiro atoms. The smallest absolute Gasteiger partial charge is 0.221 e. The summed E-state index contributed by atoms with van der Waals surface area (Å²) in [6, 6.07) is 5.54. The lowest BCUT2D eigenvalue weighted by atomic mass is 10.2. The molecule has 5 heteroatoms. The number of halogens is 1. The number of anilines is 2. The number of nitrogens with one attached hydrogen (secondary N) is 2. The molecule has 17 heavy (non-hydrogen) atoms. The third kappa shape index (κ3) is 5.33. The van der Waals surface area contributed by atoms with Gasteiger partial charge in [0.1, 0.15) is 0 Å². The Morgan fingerprint density at radius 3 is 2.82 bits per heavy atom. The predicted molar refractivity (Wildman–Crippen MR) is 77.2 cm³/mol. The lowest BCUT2D eigenvalue weighted by Crippen LogP contribution is -2.07. The minimum Gasteiger partial charge on any atom is -0.385 e. The Morgan fingerprint density at radius 1 is 1.47 bits per heavy atom. The summed E-state index contributed by atoms with van der Waals surface area (Å²) >= 11 is 7.89. The highest BCUT2D eigenvalue weighted by Gasteiger charge is 2.02. The van der Waals surface area contributed by atoms with Crippen LogP contribution < -0.4 is 10.6 Å². The number of hydrogen-bond acceptors (Lipinski definition) is 3. The molecular weight excluding hydrogens is 256 g/mol. The van der Waals surface area contributed by atoms with Crippen molar-refractivity contribution in [2.24, 2.45) is 0 Å². The topological polar surface area (TPSA) is 41.1 Å². The molecule has 1 rings (SSSR count). The van der Waals surface area contributed by atoms with E-state index < -0.39 is 0 Å². The Kier molecular flexibility index (Phi) is 6.22. The lowest BCUT2D eigenvalue weighted by Gasteiger charge is -2.09. The molecular formula is C12H17ClN2OS. The van der Waals surface area contributed by atoms with E-state index in [1.807, 2.05) is 23.9 Å². The maximum Gasteiger partial charge on any atom is 0.221 e. The number of carbonyl (C=O) groups is 1. The van der Waals surface area contributed by atoms with Crippen molar-refractivity contribution in [3.63, 3.8) is 0 Å². The Hall–Kier alpha value is -0.870. The zero-order valence-electron chi connectivity index (χ0n) is 10.0. The summed E-state index contributed by atoms with van der Waals surface area (Å²) in [6.07, 6.45) is 3.21. The lowest BCUT2D eigenvalue weighted by molar-refractivity contribution is -0.114. The highest BCUT2D eigenvalue weighted by atomic mass is 35.5. The van der Waals surface area contributed by atoms with Crippen LogP contribution in [0.4, 0.5) is 11.4 Å². The number of thioether (sulfide) groups is 1. The molecule has 1 amide bonds. The first-order valence-corrected chi connectivity index (χ1v) is 7.20. The van der Waals surface area contributed by atoms with Gasteiger partial charge in [-0.3, -0.25) is 4.79 Å². The molecule has 0 radical (unpaired) electrons. The second-order valence-corrected chi connectivity index (χ2v) is 5.04. The van der Waals surface area contributed by atoms with Gasteiger partial charge < -0.3 is 10.6 Å². The molecule has 2 N–H and O–H groups in total. The van der Waals surface area contributed by atoms with Crippen LogP contribution in [-0.2, 0) is 4.79 Å². The Balaban J connectivity index is 2.53. The Bertz CT molecular complexity index is 385. The molecule has 0 aromatic heterocycles. The summed E-state index contributed by atoms with van der Waals surface area (Å²) in [5, 5.41) is 6.52. The van der Waals surface area contributed by atoms with E-state index in [0.717, 1.165) is 24.4 Å². The molecule has 0 unspecified atom stereocenters. The van der Waals surface area contributed by atoms with E-state index in [2.05, 4.69) is 16.9 Å². The van der Waals surface area contributed by atoms with Gasteiger partial charge in [0.15, 0.2) is 0 Å². The van der Waals surface area contributed by atoms with Gasteiger partial charge >= 0.3 is 0 Å². The van der Waals surface area contributed by atoms with E-state index in [4.69, 9.17) is 11.6 Å². The van der Waals surface area contributed by atoms with Crippen molar-refractivity contribution in [1.29, 1.82) is 0 Å². The molecule has 0 bridgehead atoms. The Morgan fingerprint density at radius 2 is 2.24 bits per heavy atom. The van der Waals surface area contributed by atoms with Crippen molar-refractivity contribution in [2.45, 2.75) is 13.3 Å². The van der Waals surface area contributed by atoms with Crippen LogP contribution in [0.25, 0.3) is 0 Å². The summed E-state index contributed by atoms with van der Waals surface area (Å²) in [4.78, 5) is 10.9. The van der Waals surface area contributed by atoms with Crippen molar-refractivity contribution in [2.75, 3.05) is 29.2 Å². The minimum absolute atomic E-state index is 0.118. The number of rotatable bonds is 6. The number of carbonyl (C=O) groups excluding carboxylic acids is 1. The standard InChI is InChI=1S/C12H17ClN2OS/c1-9(16)15-12-5-4-10(8-11(12)13)14-6-3-7-17-2/h4-5,8,14H,3,6-7H2,1-2H3,(H,15,16). The van der Waals surface area contributed by atoms with Gasteiger partial charge in [0, 0.05) is 19.2 Å². The maximum atomic E-state index is 10.9. The van der Waals surface area contributed by atoms with Gasteiger partial charge in [0.25, 0.3) is 0 Å². The second-order valence-electron chi connectivity index (χ2n) is 3.65. The summed E-state index contributed by atoms with van der Waals surface area (Å²) in [5.74, 6) is 1.03. The number of amides is 1. The van der Waals surface area contributed by atoms with Gasteiger partial charge in [0.05, 0.1) is 10.7 Å². The maximum absolute atomic E-state index is 10.9. The summed E-state index contributed by atoms with van der Waals surface area (Å²) in [5.41, 5.74) is 1.62. The highest BCUT2D eigenvalue weighted by Crippen LogP contribution is 2.25. The summed E-state index contributed by atoms with van der Waals surface area (Å²) in [7, 11) is 0. The van der Waals surface area contributed by atoms with E-state index in [1.165, 1.54) is 6.92 Å². The number of benzene rings is 1. The van der Waals surface area contributed by atoms with Gasteiger partial charge in [-0.1, -0.05) is 11.6 Å². The molecule has 0 saturated carbocycles. The SMILES string of the molecule is CSCCCNc1ccc(NC(C)=O)c(Cl)c1. The van der Waals surface area contributed by atoms with Crippen molar-refractivity contribution < 1.29 is 4.79 Å². The summed E-state index contributed by atoms with van der Waals surface area (Å²) < 4.78 is 0. The van der Waals surface area contributed by atoms with Gasteiger partial charge in [-0.25, -0.2) is 0 Å². The van der Waals surface area contributed by atoms with Crippen LogP contribution in [0, 0.1) is 0 Å². The molecule has 0 aliphatic rings. The van der Waals surface area contributed by atoms with Crippen molar-refractivity contribution >= 4 is 40.6 Å². The van der Waals surface area contributed by atoms with Crippen molar-refractivity contribution in [3.8, 4) is 0 Å². The molecule has 0 heterocycles. The van der Waals surface area contributed by atoms with Crippen LogP contribution in [0.15, 0.2) is 18.2 Å². The minimum atomic E-state index is -0.118. The third-order valence-electron chi connectivity index (χ3n) is 2.13. The molecule has 94 valence electrons. The monoisotopic (exact) mass is 272 g/mol. The predicted octanol–water partition coefficient (Wildman–Crippen LogP) is 3.46. The molecule has 3 nitrogen and oxygen atoms in total. The normalized spacial score (nSPS) is 10.1. The average Bonchev–Trinajstić information content (AvgIpc) is 2.27. The fraction of sp³-hybridized carbons (Fsp3) is 0.417. The zero-order chi connectivity index (χ0) is 12.7. The van der Waals surface area contributed by atoms with Crippen LogP contribution in [0.3, 0.4) is 0 Å². The second kappa shape index (κ2) is 7.45.